The molecular formula is C27H26FN3O4S. The Morgan fingerprint density at radius 3 is 2.56 bits per heavy atom. The van der Waals surface area contributed by atoms with E-state index in [0.29, 0.717) is 40.3 Å². The number of hydrogen-bond acceptors (Lipinski definition) is 5. The highest BCUT2D eigenvalue weighted by Gasteiger charge is 2.59. The monoisotopic (exact) mass is 507 g/mol. The van der Waals surface area contributed by atoms with Crippen LogP contribution in [0.3, 0.4) is 0 Å². The van der Waals surface area contributed by atoms with Crippen LogP contribution >= 0.6 is 12.2 Å². The first kappa shape index (κ1) is 23.9. The maximum absolute atomic E-state index is 13.9. The van der Waals surface area contributed by atoms with Gasteiger partial charge in [-0.1, -0.05) is 12.1 Å². The summed E-state index contributed by atoms with van der Waals surface area (Å²) in [6.45, 7) is 4.17. The van der Waals surface area contributed by atoms with Gasteiger partial charge in [0.15, 0.2) is 22.3 Å². The molecule has 0 saturated carbocycles. The van der Waals surface area contributed by atoms with Crippen LogP contribution in [0, 0.1) is 11.7 Å². The van der Waals surface area contributed by atoms with E-state index in [1.54, 1.807) is 48.4 Å². The maximum Gasteiger partial charge on any atom is 0.236 e. The minimum atomic E-state index is -1.25. The van der Waals surface area contributed by atoms with E-state index in [1.807, 2.05) is 32.0 Å². The minimum absolute atomic E-state index is 0.262. The van der Waals surface area contributed by atoms with Crippen LogP contribution in [0.4, 0.5) is 15.8 Å². The van der Waals surface area contributed by atoms with Gasteiger partial charge in [-0.15, -0.1) is 0 Å². The number of anilines is 2. The number of carbonyl (C=O) groups excluding carboxylic acids is 1. The van der Waals surface area contributed by atoms with Crippen molar-refractivity contribution in [2.75, 3.05) is 23.9 Å². The molecule has 3 aromatic carbocycles. The van der Waals surface area contributed by atoms with Gasteiger partial charge in [-0.3, -0.25) is 9.69 Å². The molecule has 5 rings (SSSR count). The lowest BCUT2D eigenvalue weighted by molar-refractivity contribution is -0.130. The highest BCUT2D eigenvalue weighted by Crippen LogP contribution is 2.52. The molecule has 0 aromatic heterocycles. The molecule has 0 aliphatic carbocycles. The second-order valence-corrected chi connectivity index (χ2v) is 9.09. The first-order chi connectivity index (χ1) is 17.4. The smallest absolute Gasteiger partial charge is 0.236 e. The summed E-state index contributed by atoms with van der Waals surface area (Å²) < 4.78 is 31.5. The van der Waals surface area contributed by atoms with Crippen molar-refractivity contribution < 1.29 is 23.4 Å². The number of nitrogens with one attached hydrogen (secondary N) is 2. The fourth-order valence-corrected chi connectivity index (χ4v) is 5.33. The molecule has 0 unspecified atom stereocenters. The number of benzene rings is 3. The zero-order valence-electron chi connectivity index (χ0n) is 20.1. The molecule has 2 aliphatic heterocycles. The van der Waals surface area contributed by atoms with Gasteiger partial charge in [-0.05, 0) is 80.7 Å². The van der Waals surface area contributed by atoms with E-state index in [1.165, 1.54) is 12.1 Å². The van der Waals surface area contributed by atoms with Gasteiger partial charge in [0.1, 0.15) is 17.5 Å². The molecule has 1 fully saturated rings. The van der Waals surface area contributed by atoms with E-state index in [9.17, 15) is 9.18 Å². The van der Waals surface area contributed by atoms with E-state index in [4.69, 9.17) is 26.4 Å². The van der Waals surface area contributed by atoms with Crippen molar-refractivity contribution in [3.8, 4) is 17.2 Å². The first-order valence-corrected chi connectivity index (χ1v) is 12.0. The second kappa shape index (κ2) is 9.31. The van der Waals surface area contributed by atoms with Crippen molar-refractivity contribution in [3.63, 3.8) is 0 Å². The van der Waals surface area contributed by atoms with Crippen molar-refractivity contribution in [3.05, 3.63) is 78.1 Å². The summed E-state index contributed by atoms with van der Waals surface area (Å²) in [6, 6.07) is 18.1. The van der Waals surface area contributed by atoms with E-state index in [2.05, 4.69) is 10.6 Å². The fourth-order valence-electron chi connectivity index (χ4n) is 4.91. The van der Waals surface area contributed by atoms with Crippen LogP contribution in [-0.4, -0.2) is 30.5 Å². The lowest BCUT2D eigenvalue weighted by atomic mass is 9.78. The zero-order valence-corrected chi connectivity index (χ0v) is 20.9. The van der Waals surface area contributed by atoms with Crippen LogP contribution < -0.4 is 29.7 Å². The number of halogens is 1. The SMILES string of the molecule is CCOc1cccc2c1O[C@]1(C)[C@@H](C(=O)Nc3ccc(OC)cc3)[C@@H]2NC(=S)N1c1ccc(F)cc1. The van der Waals surface area contributed by atoms with Gasteiger partial charge in [0.2, 0.25) is 5.91 Å². The van der Waals surface area contributed by atoms with E-state index in [0.717, 1.165) is 5.56 Å². The third-order valence-electron chi connectivity index (χ3n) is 6.51. The molecular weight excluding hydrogens is 481 g/mol. The fraction of sp³-hybridized carbons (Fsp3) is 0.259. The lowest BCUT2D eigenvalue weighted by Crippen LogP contribution is -2.72. The number of methoxy groups -OCH3 is 1. The third-order valence-corrected chi connectivity index (χ3v) is 6.81. The largest absolute Gasteiger partial charge is 0.497 e. The molecule has 1 saturated heterocycles. The summed E-state index contributed by atoms with van der Waals surface area (Å²) in [5.74, 6) is 0.434. The Bertz CT molecular complexity index is 1300. The summed E-state index contributed by atoms with van der Waals surface area (Å²) in [5.41, 5.74) is 0.734. The molecule has 1 amide bonds. The Morgan fingerprint density at radius 1 is 1.17 bits per heavy atom. The van der Waals surface area contributed by atoms with E-state index < -0.39 is 17.7 Å². The molecule has 36 heavy (non-hydrogen) atoms. The normalized spacial score (nSPS) is 22.1. The number of hydrogen-bond donors (Lipinski definition) is 2. The number of amides is 1. The third kappa shape index (κ3) is 3.99. The maximum atomic E-state index is 13.9. The van der Waals surface area contributed by atoms with E-state index >= 15 is 0 Å². The van der Waals surface area contributed by atoms with Crippen molar-refractivity contribution in [2.24, 2.45) is 5.92 Å². The van der Waals surface area contributed by atoms with Crippen LogP contribution in [0.25, 0.3) is 0 Å². The Hall–Kier alpha value is -3.85. The summed E-state index contributed by atoms with van der Waals surface area (Å²) >= 11 is 5.74. The number of nitrogens with zero attached hydrogens (tertiary/aromatic N) is 1. The van der Waals surface area contributed by atoms with Gasteiger partial charge in [-0.25, -0.2) is 4.39 Å². The summed E-state index contributed by atoms with van der Waals surface area (Å²) in [6.07, 6.45) is 0. The molecule has 186 valence electrons. The van der Waals surface area contributed by atoms with Crippen molar-refractivity contribution >= 4 is 34.6 Å². The number of carbonyl (C=O) groups is 1. The topological polar surface area (TPSA) is 72.1 Å². The van der Waals surface area contributed by atoms with Gasteiger partial charge >= 0.3 is 0 Å². The van der Waals surface area contributed by atoms with Crippen LogP contribution in [0.1, 0.15) is 25.5 Å². The molecule has 0 radical (unpaired) electrons. The van der Waals surface area contributed by atoms with Crippen LogP contribution in [0.15, 0.2) is 66.7 Å². The van der Waals surface area contributed by atoms with Gasteiger partial charge in [0, 0.05) is 16.9 Å². The zero-order chi connectivity index (χ0) is 25.4. The van der Waals surface area contributed by atoms with Gasteiger partial charge in [0.25, 0.3) is 0 Å². The minimum Gasteiger partial charge on any atom is -0.497 e. The molecule has 2 N–H and O–H groups in total. The number of rotatable bonds is 6. The Balaban J connectivity index is 1.61. The summed E-state index contributed by atoms with van der Waals surface area (Å²) in [7, 11) is 1.58. The molecule has 2 heterocycles. The van der Waals surface area contributed by atoms with Crippen LogP contribution in [0.2, 0.25) is 0 Å². The summed E-state index contributed by atoms with van der Waals surface area (Å²) in [5, 5.41) is 6.72. The van der Waals surface area contributed by atoms with Gasteiger partial charge < -0.3 is 24.8 Å². The molecule has 3 atom stereocenters. The van der Waals surface area contributed by atoms with Crippen molar-refractivity contribution in [2.45, 2.75) is 25.6 Å². The first-order valence-electron chi connectivity index (χ1n) is 11.6. The average molecular weight is 508 g/mol. The van der Waals surface area contributed by atoms with E-state index in [-0.39, 0.29) is 11.7 Å². The standard InChI is InChI=1S/C27H26FN3O4S/c1-4-34-21-7-5-6-20-23-22(25(32)29-17-10-14-19(33-3)15-11-17)27(2,35-24(20)21)31(26(36)30-23)18-12-8-16(28)9-13-18/h5-15,22-23H,4H2,1-3H3,(H,29,32)(H,30,36)/t22-,23-,27-/m1/s1. The van der Waals surface area contributed by atoms with Crippen LogP contribution in [0.5, 0.6) is 17.2 Å². The molecule has 3 aromatic rings. The predicted octanol–water partition coefficient (Wildman–Crippen LogP) is 5.03. The molecule has 0 spiro atoms. The Labute approximate surface area is 214 Å². The number of para-hydroxylation sites is 1. The Kier molecular flexibility index (Phi) is 6.17. The number of ether oxygens (including phenoxy) is 3. The predicted molar refractivity (Wildman–Crippen MR) is 139 cm³/mol. The summed E-state index contributed by atoms with van der Waals surface area (Å²) in [4.78, 5) is 15.6. The molecule has 7 nitrogen and oxygen atoms in total. The lowest BCUT2D eigenvalue weighted by Gasteiger charge is -2.56. The molecule has 9 heteroatoms. The molecule has 2 bridgehead atoms. The number of fused-ring (bicyclic) bond motifs is 4. The van der Waals surface area contributed by atoms with Crippen LogP contribution in [-0.2, 0) is 4.79 Å². The average Bonchev–Trinajstić information content (AvgIpc) is 2.86. The Morgan fingerprint density at radius 2 is 1.89 bits per heavy atom. The second-order valence-electron chi connectivity index (χ2n) is 8.70. The van der Waals surface area contributed by atoms with Crippen molar-refractivity contribution in [1.29, 1.82) is 0 Å². The van der Waals surface area contributed by atoms with Gasteiger partial charge in [-0.2, -0.15) is 0 Å². The quantitative estimate of drug-likeness (QED) is 0.454. The highest BCUT2D eigenvalue weighted by atomic mass is 32.1. The molecule has 2 aliphatic rings. The highest BCUT2D eigenvalue weighted by molar-refractivity contribution is 7.80. The number of thiocarbonyl (C=S) groups is 1. The van der Waals surface area contributed by atoms with Crippen molar-refractivity contribution in [1.82, 2.24) is 5.32 Å². The van der Waals surface area contributed by atoms with Gasteiger partial charge in [0.05, 0.1) is 19.8 Å².